The molecule has 0 saturated heterocycles. The summed E-state index contributed by atoms with van der Waals surface area (Å²) in [5, 5.41) is 2.46. The third-order valence-corrected chi connectivity index (χ3v) is 3.51. The largest absolute Gasteiger partial charge is 0.416 e. The highest BCUT2D eigenvalue weighted by atomic mass is 19.4. The van der Waals surface area contributed by atoms with Gasteiger partial charge in [-0.3, -0.25) is 4.79 Å². The van der Waals surface area contributed by atoms with Gasteiger partial charge in [0.1, 0.15) is 0 Å². The fourth-order valence-electron chi connectivity index (χ4n) is 1.83. The number of benzene rings is 1. The van der Waals surface area contributed by atoms with E-state index in [4.69, 9.17) is 5.73 Å². The van der Waals surface area contributed by atoms with Gasteiger partial charge in [0.05, 0.1) is 11.1 Å². The van der Waals surface area contributed by atoms with Crippen molar-refractivity contribution in [3.63, 3.8) is 0 Å². The molecule has 20 heavy (non-hydrogen) atoms. The molecule has 0 aliphatic rings. The topological polar surface area (TPSA) is 55.1 Å². The molecule has 1 rings (SSSR count). The van der Waals surface area contributed by atoms with Crippen LogP contribution in [0.25, 0.3) is 0 Å². The van der Waals surface area contributed by atoms with E-state index >= 15 is 0 Å². The highest BCUT2D eigenvalue weighted by Gasteiger charge is 2.33. The van der Waals surface area contributed by atoms with Gasteiger partial charge >= 0.3 is 6.18 Å². The molecule has 0 radical (unpaired) electrons. The summed E-state index contributed by atoms with van der Waals surface area (Å²) in [6.45, 7) is 4.90. The summed E-state index contributed by atoms with van der Waals surface area (Å²) >= 11 is 0. The minimum atomic E-state index is -4.44. The lowest BCUT2D eigenvalue weighted by atomic mass is 9.93. The minimum absolute atomic E-state index is 0.102. The van der Waals surface area contributed by atoms with Gasteiger partial charge < -0.3 is 11.1 Å². The van der Waals surface area contributed by atoms with E-state index in [0.717, 1.165) is 6.07 Å². The van der Waals surface area contributed by atoms with E-state index in [2.05, 4.69) is 5.32 Å². The fourth-order valence-corrected chi connectivity index (χ4v) is 1.83. The summed E-state index contributed by atoms with van der Waals surface area (Å²) < 4.78 is 38.4. The summed E-state index contributed by atoms with van der Waals surface area (Å²) in [5.74, 6) is -0.473. The third kappa shape index (κ3) is 3.50. The maximum Gasteiger partial charge on any atom is 0.416 e. The lowest BCUT2D eigenvalue weighted by Gasteiger charge is -2.25. The second-order valence-corrected chi connectivity index (χ2v) is 4.84. The summed E-state index contributed by atoms with van der Waals surface area (Å²) in [6.07, 6.45) is -3.62. The first kappa shape index (κ1) is 16.5. The standard InChI is InChI=1S/C14H19F3N2O/c1-4-13(18,5-2)12(20)19-10-7-6-9(3)11(8-10)14(15,16)17/h6-8H,4-5,18H2,1-3H3,(H,19,20). The van der Waals surface area contributed by atoms with Crippen LogP contribution in [0.1, 0.15) is 37.8 Å². The van der Waals surface area contributed by atoms with Gasteiger partial charge in [-0.15, -0.1) is 0 Å². The smallest absolute Gasteiger partial charge is 0.324 e. The molecule has 0 aromatic heterocycles. The van der Waals surface area contributed by atoms with Crippen LogP contribution in [0.15, 0.2) is 18.2 Å². The van der Waals surface area contributed by atoms with Gasteiger partial charge in [0.2, 0.25) is 5.91 Å². The molecule has 0 aliphatic carbocycles. The fraction of sp³-hybridized carbons (Fsp3) is 0.500. The molecular weight excluding hydrogens is 269 g/mol. The summed E-state index contributed by atoms with van der Waals surface area (Å²) in [7, 11) is 0. The predicted octanol–water partition coefficient (Wildman–Crippen LogP) is 3.47. The van der Waals surface area contributed by atoms with Crippen molar-refractivity contribution >= 4 is 11.6 Å². The van der Waals surface area contributed by atoms with Crippen LogP contribution in [0.4, 0.5) is 18.9 Å². The van der Waals surface area contributed by atoms with E-state index in [9.17, 15) is 18.0 Å². The summed E-state index contributed by atoms with van der Waals surface area (Å²) in [6, 6.07) is 3.70. The van der Waals surface area contributed by atoms with Crippen molar-refractivity contribution in [1.29, 1.82) is 0 Å². The first-order valence-corrected chi connectivity index (χ1v) is 6.42. The first-order valence-electron chi connectivity index (χ1n) is 6.42. The molecular formula is C14H19F3N2O. The van der Waals surface area contributed by atoms with Gasteiger partial charge in [0.25, 0.3) is 0 Å². The van der Waals surface area contributed by atoms with Crippen molar-refractivity contribution in [2.75, 3.05) is 5.32 Å². The molecule has 0 atom stereocenters. The Morgan fingerprint density at radius 2 is 1.80 bits per heavy atom. The van der Waals surface area contributed by atoms with Crippen LogP contribution in [0.5, 0.6) is 0 Å². The van der Waals surface area contributed by atoms with E-state index in [1.54, 1.807) is 13.8 Å². The van der Waals surface area contributed by atoms with E-state index in [1.807, 2.05) is 0 Å². The molecule has 0 fully saturated rings. The number of halogens is 3. The molecule has 3 nitrogen and oxygen atoms in total. The number of alkyl halides is 3. The molecule has 3 N–H and O–H groups in total. The molecule has 112 valence electrons. The maximum atomic E-state index is 12.8. The number of nitrogens with one attached hydrogen (secondary N) is 1. The number of aryl methyl sites for hydroxylation is 1. The van der Waals surface area contributed by atoms with Crippen molar-refractivity contribution in [2.45, 2.75) is 45.3 Å². The lowest BCUT2D eigenvalue weighted by Crippen LogP contribution is -2.50. The second kappa shape index (κ2) is 5.83. The van der Waals surface area contributed by atoms with Crippen molar-refractivity contribution < 1.29 is 18.0 Å². The Kier molecular flexibility index (Phi) is 4.81. The first-order chi connectivity index (χ1) is 9.14. The van der Waals surface area contributed by atoms with Gasteiger partial charge in [0, 0.05) is 5.69 Å². The number of hydrogen-bond acceptors (Lipinski definition) is 2. The molecule has 1 aromatic carbocycles. The van der Waals surface area contributed by atoms with Gasteiger partial charge in [-0.1, -0.05) is 19.9 Å². The number of rotatable bonds is 4. The third-order valence-electron chi connectivity index (χ3n) is 3.51. The molecule has 0 bridgehead atoms. The van der Waals surface area contributed by atoms with E-state index in [-0.39, 0.29) is 11.3 Å². The average molecular weight is 288 g/mol. The molecule has 0 saturated carbocycles. The normalized spacial score (nSPS) is 12.3. The number of carbonyl (C=O) groups is 1. The van der Waals surface area contributed by atoms with Crippen LogP contribution >= 0.6 is 0 Å². The molecule has 1 amide bonds. The van der Waals surface area contributed by atoms with Gasteiger partial charge in [-0.25, -0.2) is 0 Å². The summed E-state index contributed by atoms with van der Waals surface area (Å²) in [5.41, 5.74) is 4.30. The maximum absolute atomic E-state index is 12.8. The zero-order chi connectivity index (χ0) is 15.6. The predicted molar refractivity (Wildman–Crippen MR) is 72.3 cm³/mol. The number of nitrogens with two attached hydrogens (primary N) is 1. The Labute approximate surface area is 116 Å². The van der Waals surface area contributed by atoms with Crippen molar-refractivity contribution in [2.24, 2.45) is 5.73 Å². The average Bonchev–Trinajstić information content (AvgIpc) is 2.38. The zero-order valence-electron chi connectivity index (χ0n) is 11.8. The zero-order valence-corrected chi connectivity index (χ0v) is 11.8. The van der Waals surface area contributed by atoms with Crippen LogP contribution in [0, 0.1) is 6.92 Å². The summed E-state index contributed by atoms with van der Waals surface area (Å²) in [4.78, 5) is 12.0. The molecule has 0 unspecified atom stereocenters. The molecule has 1 aromatic rings. The van der Waals surface area contributed by atoms with E-state index < -0.39 is 23.2 Å². The van der Waals surface area contributed by atoms with Crippen molar-refractivity contribution in [1.82, 2.24) is 0 Å². The van der Waals surface area contributed by atoms with Gasteiger partial charge in [-0.2, -0.15) is 13.2 Å². The molecule has 6 heteroatoms. The van der Waals surface area contributed by atoms with Gasteiger partial charge in [-0.05, 0) is 37.5 Å². The highest BCUT2D eigenvalue weighted by Crippen LogP contribution is 2.33. The van der Waals surface area contributed by atoms with Crippen molar-refractivity contribution in [3.8, 4) is 0 Å². The van der Waals surface area contributed by atoms with Gasteiger partial charge in [0.15, 0.2) is 0 Å². The van der Waals surface area contributed by atoms with Crippen LogP contribution in [-0.4, -0.2) is 11.4 Å². The van der Waals surface area contributed by atoms with Crippen LogP contribution < -0.4 is 11.1 Å². The monoisotopic (exact) mass is 288 g/mol. The second-order valence-electron chi connectivity index (χ2n) is 4.84. The van der Waals surface area contributed by atoms with Crippen LogP contribution in [0.2, 0.25) is 0 Å². The quantitative estimate of drug-likeness (QED) is 0.891. The number of anilines is 1. The number of carbonyl (C=O) groups excluding carboxylic acids is 1. The molecule has 0 spiro atoms. The van der Waals surface area contributed by atoms with Crippen LogP contribution in [-0.2, 0) is 11.0 Å². The Morgan fingerprint density at radius 1 is 1.25 bits per heavy atom. The Bertz CT molecular complexity index is 494. The van der Waals surface area contributed by atoms with Crippen LogP contribution in [0.3, 0.4) is 0 Å². The Morgan fingerprint density at radius 3 is 2.25 bits per heavy atom. The SMILES string of the molecule is CCC(N)(CC)C(=O)Nc1ccc(C)c(C(F)(F)F)c1. The van der Waals surface area contributed by atoms with E-state index in [0.29, 0.717) is 12.8 Å². The van der Waals surface area contributed by atoms with E-state index in [1.165, 1.54) is 19.1 Å². The Hall–Kier alpha value is -1.56. The minimum Gasteiger partial charge on any atom is -0.324 e. The lowest BCUT2D eigenvalue weighted by molar-refractivity contribution is -0.138. The number of amides is 1. The Balaban J connectivity index is 3.03. The number of hydrogen-bond donors (Lipinski definition) is 2. The van der Waals surface area contributed by atoms with Crippen molar-refractivity contribution in [3.05, 3.63) is 29.3 Å². The molecule has 0 aliphatic heterocycles. The highest BCUT2D eigenvalue weighted by molar-refractivity contribution is 5.98. The molecule has 0 heterocycles.